The minimum Gasteiger partial charge on any atom is -0.463 e. The predicted molar refractivity (Wildman–Crippen MR) is 133 cm³/mol. The minimum absolute atomic E-state index is 0.00255. The molecule has 0 unspecified atom stereocenters. The molecule has 1 saturated carbocycles. The second-order valence-electron chi connectivity index (χ2n) is 11.1. The molecule has 1 aliphatic carbocycles. The van der Waals surface area contributed by atoms with E-state index in [4.69, 9.17) is 19.6 Å². The fourth-order valence-electron chi connectivity index (χ4n) is 5.29. The minimum atomic E-state index is -0.478. The highest BCUT2D eigenvalue weighted by atomic mass is 16.5. The third-order valence-corrected chi connectivity index (χ3v) is 7.42. The van der Waals surface area contributed by atoms with Gasteiger partial charge >= 0.3 is 5.97 Å². The van der Waals surface area contributed by atoms with Crippen LogP contribution in [0.3, 0.4) is 0 Å². The Hall–Kier alpha value is -2.70. The molecule has 4 rings (SSSR count). The van der Waals surface area contributed by atoms with Crippen LogP contribution in [0, 0.1) is 17.2 Å². The summed E-state index contributed by atoms with van der Waals surface area (Å²) in [5, 5.41) is 19.0. The van der Waals surface area contributed by atoms with E-state index in [9.17, 15) is 14.9 Å². The molecule has 9 heteroatoms. The number of aromatic nitrogens is 1. The van der Waals surface area contributed by atoms with Gasteiger partial charge in [0.05, 0.1) is 42.5 Å². The van der Waals surface area contributed by atoms with Gasteiger partial charge in [-0.2, -0.15) is 5.26 Å². The maximum atomic E-state index is 13.0. The Morgan fingerprint density at radius 2 is 2.00 bits per heavy atom. The van der Waals surface area contributed by atoms with E-state index < -0.39 is 5.97 Å². The number of pyridine rings is 1. The predicted octanol–water partition coefficient (Wildman–Crippen LogP) is 2.67. The number of rotatable bonds is 8. The number of anilines is 1. The largest absolute Gasteiger partial charge is 0.463 e. The Kier molecular flexibility index (Phi) is 7.86. The van der Waals surface area contributed by atoms with Crippen molar-refractivity contribution in [2.45, 2.75) is 84.0 Å². The van der Waals surface area contributed by atoms with Gasteiger partial charge in [0.2, 0.25) is 5.91 Å². The Morgan fingerprint density at radius 1 is 1.25 bits per heavy atom. The van der Waals surface area contributed by atoms with Crippen molar-refractivity contribution < 1.29 is 24.2 Å². The summed E-state index contributed by atoms with van der Waals surface area (Å²) in [6.07, 6.45) is 2.99. The molecule has 0 bridgehead atoms. The highest BCUT2D eigenvalue weighted by Crippen LogP contribution is 2.46. The van der Waals surface area contributed by atoms with E-state index in [1.54, 1.807) is 0 Å². The normalized spacial score (nSPS) is 21.2. The first-order valence-electron chi connectivity index (χ1n) is 13.1. The summed E-state index contributed by atoms with van der Waals surface area (Å²) in [4.78, 5) is 34.0. The van der Waals surface area contributed by atoms with Crippen LogP contribution in [0.2, 0.25) is 0 Å². The van der Waals surface area contributed by atoms with E-state index in [1.165, 1.54) is 0 Å². The Morgan fingerprint density at radius 3 is 2.64 bits per heavy atom. The molecule has 1 amide bonds. The number of hydrogen-bond acceptors (Lipinski definition) is 8. The number of carbonyl (C=O) groups excluding carboxylic acids is 2. The van der Waals surface area contributed by atoms with Crippen molar-refractivity contribution in [1.29, 1.82) is 5.26 Å². The van der Waals surface area contributed by atoms with Crippen molar-refractivity contribution in [2.24, 2.45) is 5.92 Å². The highest BCUT2D eigenvalue weighted by molar-refractivity contribution is 5.82. The fraction of sp³-hybridized carbons (Fsp3) is 0.704. The van der Waals surface area contributed by atoms with Gasteiger partial charge in [-0.1, -0.05) is 13.8 Å². The number of piperazine rings is 1. The molecule has 36 heavy (non-hydrogen) atoms. The average Bonchev–Trinajstić information content (AvgIpc) is 3.69. The second kappa shape index (κ2) is 10.7. The molecule has 0 spiro atoms. The van der Waals surface area contributed by atoms with E-state index in [1.807, 2.05) is 4.90 Å². The zero-order valence-corrected chi connectivity index (χ0v) is 21.9. The van der Waals surface area contributed by atoms with Gasteiger partial charge in [0.15, 0.2) is 0 Å². The van der Waals surface area contributed by atoms with Crippen molar-refractivity contribution in [2.75, 3.05) is 37.7 Å². The number of aliphatic hydroxyl groups excluding tert-OH is 1. The van der Waals surface area contributed by atoms with Crippen LogP contribution in [0.15, 0.2) is 0 Å². The second-order valence-corrected chi connectivity index (χ2v) is 11.1. The first-order chi connectivity index (χ1) is 17.1. The molecular formula is C27H38N4O5. The Balaban J connectivity index is 1.57. The standard InChI is InChI=1S/C27H38N4O5/c1-17(2)22-15-30(9-10-31(22)23(33)7-8-24(34)35-12-11-32)26-20(14-28)19-13-27(3,4)36-16-21(19)25(29-26)18-5-6-18/h17-18,22,32H,5-13,15-16H2,1-4H3/t22-/m0/s1. The number of fused-ring (bicyclic) bond motifs is 1. The fourth-order valence-corrected chi connectivity index (χ4v) is 5.29. The van der Waals surface area contributed by atoms with Gasteiger partial charge in [-0.15, -0.1) is 0 Å². The summed E-state index contributed by atoms with van der Waals surface area (Å²) in [6, 6.07) is 2.40. The van der Waals surface area contributed by atoms with Gasteiger partial charge in [-0.05, 0) is 38.2 Å². The Bertz CT molecular complexity index is 1040. The molecule has 2 fully saturated rings. The first-order valence-corrected chi connectivity index (χ1v) is 13.1. The highest BCUT2D eigenvalue weighted by Gasteiger charge is 2.39. The number of nitrogens with zero attached hydrogens (tertiary/aromatic N) is 4. The van der Waals surface area contributed by atoms with E-state index in [0.717, 1.165) is 35.5 Å². The van der Waals surface area contributed by atoms with Gasteiger partial charge in [0.25, 0.3) is 0 Å². The summed E-state index contributed by atoms with van der Waals surface area (Å²) in [5.41, 5.74) is 3.55. The molecular weight excluding hydrogens is 460 g/mol. The maximum absolute atomic E-state index is 13.0. The molecule has 1 atom stereocenters. The third-order valence-electron chi connectivity index (χ3n) is 7.42. The molecule has 0 aromatic carbocycles. The summed E-state index contributed by atoms with van der Waals surface area (Å²) in [7, 11) is 0. The molecule has 1 aromatic heterocycles. The van der Waals surface area contributed by atoms with Crippen molar-refractivity contribution in [3.63, 3.8) is 0 Å². The molecule has 3 aliphatic rings. The number of carbonyl (C=O) groups is 2. The van der Waals surface area contributed by atoms with E-state index in [0.29, 0.717) is 44.1 Å². The van der Waals surface area contributed by atoms with Crippen LogP contribution in [0.5, 0.6) is 0 Å². The zero-order valence-electron chi connectivity index (χ0n) is 21.9. The van der Waals surface area contributed by atoms with Crippen LogP contribution in [0.4, 0.5) is 5.82 Å². The average molecular weight is 499 g/mol. The van der Waals surface area contributed by atoms with Gasteiger partial charge in [0.1, 0.15) is 18.5 Å². The third kappa shape index (κ3) is 5.65. The van der Waals surface area contributed by atoms with Crippen LogP contribution in [0.1, 0.15) is 81.7 Å². The quantitative estimate of drug-likeness (QED) is 0.544. The molecule has 1 aromatic rings. The van der Waals surface area contributed by atoms with Crippen LogP contribution in [-0.2, 0) is 32.1 Å². The number of hydrogen-bond donors (Lipinski definition) is 1. The zero-order chi connectivity index (χ0) is 26.0. The van der Waals surface area contributed by atoms with Crippen LogP contribution >= 0.6 is 0 Å². The lowest BCUT2D eigenvalue weighted by Crippen LogP contribution is -2.57. The van der Waals surface area contributed by atoms with Crippen molar-refractivity contribution >= 4 is 17.7 Å². The monoisotopic (exact) mass is 498 g/mol. The lowest BCUT2D eigenvalue weighted by atomic mass is 9.87. The van der Waals surface area contributed by atoms with Crippen LogP contribution in [0.25, 0.3) is 0 Å². The smallest absolute Gasteiger partial charge is 0.306 e. The molecule has 1 N–H and O–H groups in total. The number of nitriles is 1. The molecule has 9 nitrogen and oxygen atoms in total. The molecule has 196 valence electrons. The molecule has 1 saturated heterocycles. The topological polar surface area (TPSA) is 116 Å². The first kappa shape index (κ1) is 26.4. The van der Waals surface area contributed by atoms with Crippen molar-refractivity contribution in [3.05, 3.63) is 22.4 Å². The summed E-state index contributed by atoms with van der Waals surface area (Å²) < 4.78 is 11.0. The summed E-state index contributed by atoms with van der Waals surface area (Å²) in [5.74, 6) is 0.807. The summed E-state index contributed by atoms with van der Waals surface area (Å²) >= 11 is 0. The molecule has 0 radical (unpaired) electrons. The Labute approximate surface area is 213 Å². The van der Waals surface area contributed by atoms with Gasteiger partial charge in [-0.25, -0.2) is 4.98 Å². The molecule has 3 heterocycles. The van der Waals surface area contributed by atoms with Crippen molar-refractivity contribution in [3.8, 4) is 6.07 Å². The van der Waals surface area contributed by atoms with Crippen LogP contribution < -0.4 is 4.90 Å². The van der Waals surface area contributed by atoms with E-state index >= 15 is 0 Å². The van der Waals surface area contributed by atoms with Gasteiger partial charge < -0.3 is 24.4 Å². The lowest BCUT2D eigenvalue weighted by molar-refractivity contribution is -0.147. The van der Waals surface area contributed by atoms with Gasteiger partial charge in [0, 0.05) is 44.0 Å². The van der Waals surface area contributed by atoms with E-state index in [-0.39, 0.29) is 49.5 Å². The number of ether oxygens (including phenoxy) is 2. The number of esters is 1. The van der Waals surface area contributed by atoms with Crippen LogP contribution in [-0.4, -0.2) is 71.4 Å². The maximum Gasteiger partial charge on any atom is 0.306 e. The lowest BCUT2D eigenvalue weighted by Gasteiger charge is -2.44. The van der Waals surface area contributed by atoms with E-state index in [2.05, 4.69) is 38.7 Å². The van der Waals surface area contributed by atoms with Crippen molar-refractivity contribution in [1.82, 2.24) is 9.88 Å². The summed E-state index contributed by atoms with van der Waals surface area (Å²) in [6.45, 7) is 10.2. The van der Waals surface area contributed by atoms with Gasteiger partial charge in [-0.3, -0.25) is 9.59 Å². The SMILES string of the molecule is CC(C)[C@@H]1CN(c2nc(C3CC3)c3c(c2C#N)CC(C)(C)OC3)CCN1C(=O)CCC(=O)OCCO. The number of aliphatic hydroxyl groups is 1. The number of amides is 1. The molecule has 2 aliphatic heterocycles.